The Hall–Kier alpha value is -2.76. The summed E-state index contributed by atoms with van der Waals surface area (Å²) in [5.74, 6) is 2.01. The third kappa shape index (κ3) is 3.27. The summed E-state index contributed by atoms with van der Waals surface area (Å²) in [4.78, 5) is 16.3. The van der Waals surface area contributed by atoms with Gasteiger partial charge in [-0.15, -0.1) is 0 Å². The molecule has 4 rings (SSSR count). The average Bonchev–Trinajstić information content (AvgIpc) is 3.35. The number of aryl methyl sites for hydroxylation is 1. The van der Waals surface area contributed by atoms with Crippen LogP contribution >= 0.6 is 0 Å². The monoisotopic (exact) mass is 325 g/mol. The van der Waals surface area contributed by atoms with Gasteiger partial charge < -0.3 is 19.8 Å². The summed E-state index contributed by atoms with van der Waals surface area (Å²) in [5.41, 5.74) is 2.61. The summed E-state index contributed by atoms with van der Waals surface area (Å²) < 4.78 is 11.1. The van der Waals surface area contributed by atoms with E-state index in [-0.39, 0.29) is 11.8 Å². The van der Waals surface area contributed by atoms with Crippen LogP contribution in [-0.4, -0.2) is 11.9 Å². The van der Waals surface area contributed by atoms with Crippen molar-refractivity contribution in [2.45, 2.75) is 32.9 Å². The van der Waals surface area contributed by atoms with Crippen LogP contribution in [0.25, 0.3) is 0 Å². The number of hydrogen-bond acceptors (Lipinski definition) is 5. The molecule has 2 N–H and O–H groups in total. The van der Waals surface area contributed by atoms with E-state index in [1.54, 1.807) is 0 Å². The average molecular weight is 325 g/mol. The second-order valence-corrected chi connectivity index (χ2v) is 6.18. The Kier molecular flexibility index (Phi) is 3.72. The molecule has 0 radical (unpaired) electrons. The molecule has 124 valence electrons. The van der Waals surface area contributed by atoms with Gasteiger partial charge in [0.2, 0.25) is 5.91 Å². The number of hydrogen-bond donors (Lipinski definition) is 2. The van der Waals surface area contributed by atoms with Crippen LogP contribution in [0.1, 0.15) is 29.9 Å². The highest BCUT2D eigenvalue weighted by molar-refractivity contribution is 5.94. The lowest BCUT2D eigenvalue weighted by Gasteiger charge is -2.18. The van der Waals surface area contributed by atoms with Gasteiger partial charge in [0, 0.05) is 17.2 Å². The summed E-state index contributed by atoms with van der Waals surface area (Å²) >= 11 is 0. The number of aliphatic imine (C=N–C) groups is 1. The fourth-order valence-corrected chi connectivity index (χ4v) is 2.60. The van der Waals surface area contributed by atoms with Crippen LogP contribution in [0, 0.1) is 12.8 Å². The van der Waals surface area contributed by atoms with Crippen molar-refractivity contribution in [1.82, 2.24) is 5.32 Å². The van der Waals surface area contributed by atoms with Gasteiger partial charge in [-0.3, -0.25) is 4.79 Å². The molecule has 1 amide bonds. The Labute approximate surface area is 139 Å². The van der Waals surface area contributed by atoms with Crippen molar-refractivity contribution in [2.75, 3.05) is 5.32 Å². The molecule has 24 heavy (non-hydrogen) atoms. The Morgan fingerprint density at radius 2 is 2.17 bits per heavy atom. The molecule has 1 aliphatic heterocycles. The first-order valence-corrected chi connectivity index (χ1v) is 8.12. The molecule has 6 heteroatoms. The van der Waals surface area contributed by atoms with E-state index in [0.29, 0.717) is 19.2 Å². The molecule has 1 saturated carbocycles. The Morgan fingerprint density at radius 1 is 1.29 bits per heavy atom. The van der Waals surface area contributed by atoms with Crippen LogP contribution in [0.2, 0.25) is 0 Å². The van der Waals surface area contributed by atoms with Gasteiger partial charge in [0.1, 0.15) is 18.1 Å². The number of amidine groups is 1. The van der Waals surface area contributed by atoms with Crippen LogP contribution in [0.15, 0.2) is 39.7 Å². The summed E-state index contributed by atoms with van der Waals surface area (Å²) in [6, 6.07) is 10.0. The number of ether oxygens (including phenoxy) is 1. The lowest BCUT2D eigenvalue weighted by molar-refractivity contribution is -0.117. The number of fused-ring (bicyclic) bond motifs is 1. The van der Waals surface area contributed by atoms with Gasteiger partial charge in [-0.25, -0.2) is 0 Å². The van der Waals surface area contributed by atoms with E-state index in [2.05, 4.69) is 15.6 Å². The lowest BCUT2D eigenvalue weighted by Crippen LogP contribution is -2.27. The van der Waals surface area contributed by atoms with Crippen LogP contribution < -0.4 is 10.6 Å². The molecule has 2 heterocycles. The van der Waals surface area contributed by atoms with Crippen molar-refractivity contribution in [3.63, 3.8) is 0 Å². The summed E-state index contributed by atoms with van der Waals surface area (Å²) in [6.45, 7) is 2.86. The molecule has 1 aromatic carbocycles. The molecule has 2 aliphatic rings. The Bertz CT molecular complexity index is 806. The minimum atomic E-state index is 0.103. The van der Waals surface area contributed by atoms with Crippen molar-refractivity contribution in [3.05, 3.63) is 47.4 Å². The number of carbonyl (C=O) groups is 1. The van der Waals surface area contributed by atoms with Crippen molar-refractivity contribution in [2.24, 2.45) is 10.9 Å². The normalized spacial score (nSPS) is 16.0. The molecule has 1 aromatic heterocycles. The molecule has 0 bridgehead atoms. The fraction of sp³-hybridized carbons (Fsp3) is 0.333. The van der Waals surface area contributed by atoms with Gasteiger partial charge in [0.25, 0.3) is 6.02 Å². The molecule has 1 fully saturated rings. The highest BCUT2D eigenvalue weighted by Gasteiger charge is 2.29. The zero-order valence-corrected chi connectivity index (χ0v) is 13.5. The highest BCUT2D eigenvalue weighted by Crippen LogP contribution is 2.32. The molecular formula is C18H19N3O3. The Balaban J connectivity index is 1.42. The summed E-state index contributed by atoms with van der Waals surface area (Å²) in [6.07, 6.45) is 1.99. The maximum absolute atomic E-state index is 11.8. The van der Waals surface area contributed by atoms with Crippen molar-refractivity contribution < 1.29 is 13.9 Å². The lowest BCUT2D eigenvalue weighted by atomic mass is 10.1. The second kappa shape index (κ2) is 6.03. The second-order valence-electron chi connectivity index (χ2n) is 6.18. The number of nitrogens with zero attached hydrogens (tertiary/aromatic N) is 1. The third-order valence-corrected chi connectivity index (χ3v) is 4.09. The summed E-state index contributed by atoms with van der Waals surface area (Å²) in [5, 5.41) is 6.07. The van der Waals surface area contributed by atoms with Crippen LogP contribution in [-0.2, 0) is 22.7 Å². The van der Waals surface area contributed by atoms with E-state index in [1.165, 1.54) is 0 Å². The molecule has 0 unspecified atom stereocenters. The van der Waals surface area contributed by atoms with Crippen molar-refractivity contribution in [3.8, 4) is 0 Å². The number of furan rings is 1. The first-order chi connectivity index (χ1) is 11.7. The first-order valence-electron chi connectivity index (χ1n) is 8.12. The van der Waals surface area contributed by atoms with E-state index in [4.69, 9.17) is 9.15 Å². The first kappa shape index (κ1) is 14.8. The molecule has 0 saturated heterocycles. The minimum absolute atomic E-state index is 0.103. The van der Waals surface area contributed by atoms with Crippen LogP contribution in [0.4, 0.5) is 11.4 Å². The maximum Gasteiger partial charge on any atom is 0.290 e. The quantitative estimate of drug-likeness (QED) is 0.905. The zero-order chi connectivity index (χ0) is 16.5. The van der Waals surface area contributed by atoms with Gasteiger partial charge in [-0.2, -0.15) is 4.99 Å². The van der Waals surface area contributed by atoms with Gasteiger partial charge in [0.15, 0.2) is 0 Å². The third-order valence-electron chi connectivity index (χ3n) is 4.09. The molecule has 0 spiro atoms. The molecule has 1 aliphatic carbocycles. The molecule has 2 aromatic rings. The zero-order valence-electron chi connectivity index (χ0n) is 13.5. The largest absolute Gasteiger partial charge is 0.465 e. The molecule has 6 nitrogen and oxygen atoms in total. The number of amides is 1. The summed E-state index contributed by atoms with van der Waals surface area (Å²) in [7, 11) is 0. The highest BCUT2D eigenvalue weighted by atomic mass is 16.5. The van der Waals surface area contributed by atoms with Crippen LogP contribution in [0.5, 0.6) is 0 Å². The van der Waals surface area contributed by atoms with Gasteiger partial charge in [0.05, 0.1) is 12.2 Å². The fourth-order valence-electron chi connectivity index (χ4n) is 2.60. The number of nitrogens with one attached hydrogen (secondary N) is 2. The minimum Gasteiger partial charge on any atom is -0.465 e. The number of benzene rings is 1. The maximum atomic E-state index is 11.8. The predicted octanol–water partition coefficient (Wildman–Crippen LogP) is 3.24. The molecular weight excluding hydrogens is 306 g/mol. The SMILES string of the molecule is Cc1ccc(CNC2=Nc3ccc(NC(=O)C4CC4)cc3CO2)o1. The van der Waals surface area contributed by atoms with E-state index < -0.39 is 0 Å². The Morgan fingerprint density at radius 3 is 2.92 bits per heavy atom. The van der Waals surface area contributed by atoms with E-state index in [0.717, 1.165) is 41.3 Å². The topological polar surface area (TPSA) is 75.9 Å². The van der Waals surface area contributed by atoms with Gasteiger partial charge in [-0.1, -0.05) is 0 Å². The van der Waals surface area contributed by atoms with E-state index in [9.17, 15) is 4.79 Å². The van der Waals surface area contributed by atoms with Crippen LogP contribution in [0.3, 0.4) is 0 Å². The van der Waals surface area contributed by atoms with E-state index in [1.807, 2.05) is 37.3 Å². The number of rotatable bonds is 4. The van der Waals surface area contributed by atoms with Gasteiger partial charge >= 0.3 is 0 Å². The van der Waals surface area contributed by atoms with Gasteiger partial charge in [-0.05, 0) is 50.1 Å². The molecule has 0 atom stereocenters. The number of carbonyl (C=O) groups excluding carboxylic acids is 1. The van der Waals surface area contributed by atoms with Crippen molar-refractivity contribution >= 4 is 23.3 Å². The predicted molar refractivity (Wildman–Crippen MR) is 90.0 cm³/mol. The smallest absolute Gasteiger partial charge is 0.290 e. The standard InChI is InChI=1S/C18H19N3O3/c1-11-2-6-15(24-11)9-19-18-21-16-7-5-14(8-13(16)10-23-18)20-17(22)12-3-4-12/h2,5-8,12H,3-4,9-10H2,1H3,(H,19,21)(H,20,22). The number of anilines is 1. The van der Waals surface area contributed by atoms with E-state index >= 15 is 0 Å². The van der Waals surface area contributed by atoms with Crippen molar-refractivity contribution in [1.29, 1.82) is 0 Å².